The highest BCUT2D eigenvalue weighted by atomic mass is 35.5. The van der Waals surface area contributed by atoms with Crippen molar-refractivity contribution in [1.82, 2.24) is 10.2 Å². The Morgan fingerprint density at radius 1 is 1.67 bits per heavy atom. The molecule has 2 heterocycles. The third-order valence-electron chi connectivity index (χ3n) is 2.60. The number of hydrogen-bond donors (Lipinski definition) is 1. The average Bonchev–Trinajstić information content (AvgIpc) is 2.85. The fraction of sp³-hybridized carbons (Fsp3) is 0.778. The summed E-state index contributed by atoms with van der Waals surface area (Å²) in [5.41, 5.74) is 0. The molecule has 6 heteroatoms. The summed E-state index contributed by atoms with van der Waals surface area (Å²) in [7, 11) is 0. The molecule has 0 bridgehead atoms. The first kappa shape index (κ1) is 10.7. The summed E-state index contributed by atoms with van der Waals surface area (Å²) in [5, 5.41) is 16.7. The molecule has 2 rings (SSSR count). The zero-order valence-electron chi connectivity index (χ0n) is 8.56. The molecule has 1 aromatic rings. The number of anilines is 1. The second-order valence-electron chi connectivity index (χ2n) is 3.71. The van der Waals surface area contributed by atoms with Gasteiger partial charge in [-0.15, -0.1) is 16.7 Å². The highest BCUT2D eigenvalue weighted by Crippen LogP contribution is 2.26. The lowest BCUT2D eigenvalue weighted by atomic mass is 10.2. The zero-order chi connectivity index (χ0) is 10.8. The van der Waals surface area contributed by atoms with Crippen molar-refractivity contribution >= 4 is 17.6 Å². The number of hydrogen-bond acceptors (Lipinski definition) is 5. The minimum absolute atomic E-state index is 0.101. The number of aliphatic hydroxyl groups is 1. The number of aliphatic hydroxyl groups excluding tert-OH is 1. The van der Waals surface area contributed by atoms with Crippen LogP contribution in [0, 0.1) is 0 Å². The van der Waals surface area contributed by atoms with Gasteiger partial charge in [0.05, 0.1) is 12.6 Å². The van der Waals surface area contributed by atoms with Crippen molar-refractivity contribution in [1.29, 1.82) is 0 Å². The van der Waals surface area contributed by atoms with E-state index in [1.54, 1.807) is 6.92 Å². The van der Waals surface area contributed by atoms with Crippen molar-refractivity contribution < 1.29 is 9.52 Å². The molecule has 15 heavy (non-hydrogen) atoms. The van der Waals surface area contributed by atoms with Gasteiger partial charge in [-0.1, -0.05) is 5.10 Å². The molecule has 1 N–H and O–H groups in total. The molecule has 1 unspecified atom stereocenters. The molecule has 0 aromatic carbocycles. The summed E-state index contributed by atoms with van der Waals surface area (Å²) < 4.78 is 5.42. The first-order valence-corrected chi connectivity index (χ1v) is 5.51. The predicted octanol–water partition coefficient (Wildman–Crippen LogP) is 1.33. The topological polar surface area (TPSA) is 62.4 Å². The maximum absolute atomic E-state index is 9.16. The van der Waals surface area contributed by atoms with Crippen LogP contribution in [0.2, 0.25) is 0 Å². The van der Waals surface area contributed by atoms with Gasteiger partial charge < -0.3 is 14.4 Å². The molecule has 1 fully saturated rings. The van der Waals surface area contributed by atoms with Crippen molar-refractivity contribution in [2.75, 3.05) is 18.1 Å². The van der Waals surface area contributed by atoms with E-state index in [0.29, 0.717) is 11.9 Å². The number of halogens is 1. The molecule has 1 aromatic heterocycles. The van der Waals surface area contributed by atoms with E-state index in [2.05, 4.69) is 10.2 Å². The molecule has 1 aliphatic rings. The van der Waals surface area contributed by atoms with E-state index in [-0.39, 0.29) is 18.0 Å². The Bertz CT molecular complexity index is 329. The van der Waals surface area contributed by atoms with Crippen LogP contribution >= 0.6 is 11.6 Å². The summed E-state index contributed by atoms with van der Waals surface area (Å²) in [5.74, 6) is 0.426. The van der Waals surface area contributed by atoms with Gasteiger partial charge in [0.1, 0.15) is 5.38 Å². The first-order chi connectivity index (χ1) is 7.22. The van der Waals surface area contributed by atoms with Crippen LogP contribution in [0.1, 0.15) is 31.0 Å². The molecule has 0 amide bonds. The molecule has 1 saturated heterocycles. The Hall–Kier alpha value is -0.810. The predicted molar refractivity (Wildman–Crippen MR) is 56.0 cm³/mol. The van der Waals surface area contributed by atoms with E-state index < -0.39 is 0 Å². The van der Waals surface area contributed by atoms with Crippen LogP contribution < -0.4 is 4.90 Å². The molecule has 0 spiro atoms. The zero-order valence-corrected chi connectivity index (χ0v) is 9.31. The van der Waals surface area contributed by atoms with Crippen LogP contribution in [-0.2, 0) is 0 Å². The van der Waals surface area contributed by atoms with Crippen molar-refractivity contribution in [3.63, 3.8) is 0 Å². The molecule has 0 radical (unpaired) electrons. The fourth-order valence-corrected chi connectivity index (χ4v) is 1.87. The normalized spacial score (nSPS) is 23.4. The van der Waals surface area contributed by atoms with Gasteiger partial charge in [-0.3, -0.25) is 0 Å². The van der Waals surface area contributed by atoms with Crippen LogP contribution in [0.15, 0.2) is 4.42 Å². The minimum Gasteiger partial charge on any atom is -0.406 e. The Kier molecular flexibility index (Phi) is 3.11. The summed E-state index contributed by atoms with van der Waals surface area (Å²) in [6.45, 7) is 2.75. The third-order valence-corrected chi connectivity index (χ3v) is 2.79. The smallest absolute Gasteiger partial charge is 0.318 e. The van der Waals surface area contributed by atoms with Crippen LogP contribution in [0.3, 0.4) is 0 Å². The van der Waals surface area contributed by atoms with E-state index in [9.17, 15) is 0 Å². The third kappa shape index (κ3) is 2.08. The van der Waals surface area contributed by atoms with Gasteiger partial charge in [-0.2, -0.15) is 0 Å². The number of nitrogens with zero attached hydrogens (tertiary/aromatic N) is 3. The Morgan fingerprint density at radius 2 is 2.47 bits per heavy atom. The van der Waals surface area contributed by atoms with Crippen LogP contribution in [-0.4, -0.2) is 34.5 Å². The van der Waals surface area contributed by atoms with E-state index in [1.165, 1.54) is 0 Å². The van der Waals surface area contributed by atoms with Crippen LogP contribution in [0.25, 0.3) is 0 Å². The van der Waals surface area contributed by atoms with Crippen molar-refractivity contribution in [3.8, 4) is 0 Å². The Balaban J connectivity index is 2.14. The summed E-state index contributed by atoms with van der Waals surface area (Å²) in [4.78, 5) is 1.94. The van der Waals surface area contributed by atoms with Crippen LogP contribution in [0.4, 0.5) is 6.01 Å². The van der Waals surface area contributed by atoms with Crippen molar-refractivity contribution in [2.24, 2.45) is 0 Å². The lowest BCUT2D eigenvalue weighted by Crippen LogP contribution is -2.32. The monoisotopic (exact) mass is 231 g/mol. The van der Waals surface area contributed by atoms with Gasteiger partial charge in [0.15, 0.2) is 0 Å². The molecule has 5 nitrogen and oxygen atoms in total. The molecule has 0 saturated carbocycles. The molecule has 0 aliphatic carbocycles. The van der Waals surface area contributed by atoms with Gasteiger partial charge in [0.2, 0.25) is 5.89 Å². The van der Waals surface area contributed by atoms with E-state index >= 15 is 0 Å². The Morgan fingerprint density at radius 3 is 3.07 bits per heavy atom. The van der Waals surface area contributed by atoms with Crippen molar-refractivity contribution in [3.05, 3.63) is 5.89 Å². The maximum Gasteiger partial charge on any atom is 0.318 e. The van der Waals surface area contributed by atoms with Gasteiger partial charge in [0.25, 0.3) is 0 Å². The molecular weight excluding hydrogens is 218 g/mol. The molecule has 2 atom stereocenters. The quantitative estimate of drug-likeness (QED) is 0.796. The lowest BCUT2D eigenvalue weighted by Gasteiger charge is -2.19. The van der Waals surface area contributed by atoms with Gasteiger partial charge in [0, 0.05) is 6.54 Å². The summed E-state index contributed by atoms with van der Waals surface area (Å²) in [6.07, 6.45) is 2.00. The Labute approximate surface area is 93.0 Å². The standard InChI is InChI=1S/C9H14ClN3O2/c1-6(10)8-11-12-9(15-8)13-4-2-3-7(13)5-14/h6-7,14H,2-5H2,1H3/t6?,7-/m0/s1. The average molecular weight is 232 g/mol. The maximum atomic E-state index is 9.16. The second kappa shape index (κ2) is 4.37. The van der Waals surface area contributed by atoms with Gasteiger partial charge >= 0.3 is 6.01 Å². The lowest BCUT2D eigenvalue weighted by molar-refractivity contribution is 0.262. The number of alkyl halides is 1. The van der Waals surface area contributed by atoms with Gasteiger partial charge in [-0.25, -0.2) is 0 Å². The van der Waals surface area contributed by atoms with E-state index in [4.69, 9.17) is 21.1 Å². The minimum atomic E-state index is -0.276. The van der Waals surface area contributed by atoms with Gasteiger partial charge in [-0.05, 0) is 19.8 Å². The highest BCUT2D eigenvalue weighted by Gasteiger charge is 2.28. The fourth-order valence-electron chi connectivity index (χ4n) is 1.78. The molecule has 1 aliphatic heterocycles. The SMILES string of the molecule is CC(Cl)c1nnc(N2CCC[C@H]2CO)o1. The molecular formula is C9H14ClN3O2. The van der Waals surface area contributed by atoms with E-state index in [1.807, 2.05) is 4.90 Å². The van der Waals surface area contributed by atoms with E-state index in [0.717, 1.165) is 19.4 Å². The van der Waals surface area contributed by atoms with Crippen molar-refractivity contribution in [2.45, 2.75) is 31.2 Å². The number of rotatable bonds is 3. The molecule has 84 valence electrons. The summed E-state index contributed by atoms with van der Waals surface area (Å²) >= 11 is 5.83. The second-order valence-corrected chi connectivity index (χ2v) is 4.37. The van der Waals surface area contributed by atoms with Crippen LogP contribution in [0.5, 0.6) is 0 Å². The first-order valence-electron chi connectivity index (χ1n) is 5.07. The summed E-state index contributed by atoms with van der Waals surface area (Å²) in [6, 6.07) is 0.568. The largest absolute Gasteiger partial charge is 0.406 e. The highest BCUT2D eigenvalue weighted by molar-refractivity contribution is 6.20. The number of aromatic nitrogens is 2.